The number of allylic oxidation sites excluding steroid dienone is 1. The number of hydrogen-bond acceptors (Lipinski definition) is 4. The standard InChI is InChI=1S/C16H14O4/c1-18-10-4-3-5-12-14(8-10)20-15-9-11(19-2)6-7-13(15)16(12)17/h3,5-9H,4H2,1-2H3. The van der Waals surface area contributed by atoms with E-state index in [9.17, 15) is 4.79 Å². The average Bonchev–Trinajstić information content (AvgIpc) is 2.69. The van der Waals surface area contributed by atoms with Crippen LogP contribution in [0.25, 0.3) is 23.1 Å². The van der Waals surface area contributed by atoms with E-state index < -0.39 is 0 Å². The molecule has 0 radical (unpaired) electrons. The van der Waals surface area contributed by atoms with Gasteiger partial charge in [0.15, 0.2) is 0 Å². The predicted octanol–water partition coefficient (Wildman–Crippen LogP) is 3.21. The minimum atomic E-state index is -0.0474. The minimum absolute atomic E-state index is 0.0474. The topological polar surface area (TPSA) is 48.7 Å². The van der Waals surface area contributed by atoms with Gasteiger partial charge in [-0.3, -0.25) is 4.79 Å². The van der Waals surface area contributed by atoms with Gasteiger partial charge in [0.25, 0.3) is 0 Å². The number of rotatable bonds is 2. The van der Waals surface area contributed by atoms with Gasteiger partial charge >= 0.3 is 0 Å². The molecule has 4 heteroatoms. The second-order valence-electron chi connectivity index (χ2n) is 4.49. The second-order valence-corrected chi connectivity index (χ2v) is 4.49. The van der Waals surface area contributed by atoms with E-state index in [1.807, 2.05) is 6.08 Å². The second kappa shape index (κ2) is 4.89. The number of hydrogen-bond donors (Lipinski definition) is 0. The molecule has 102 valence electrons. The van der Waals surface area contributed by atoms with Crippen LogP contribution in [0, 0.1) is 0 Å². The van der Waals surface area contributed by atoms with Gasteiger partial charge in [0.1, 0.15) is 22.9 Å². The van der Waals surface area contributed by atoms with Crippen molar-refractivity contribution in [2.24, 2.45) is 0 Å². The Morgan fingerprint density at radius 1 is 1.20 bits per heavy atom. The number of fused-ring (bicyclic) bond motifs is 2. The zero-order valence-electron chi connectivity index (χ0n) is 11.3. The molecule has 0 unspecified atom stereocenters. The molecule has 1 aromatic heterocycles. The molecule has 0 amide bonds. The maximum Gasteiger partial charge on any atom is 0.200 e. The largest absolute Gasteiger partial charge is 0.501 e. The summed E-state index contributed by atoms with van der Waals surface area (Å²) in [4.78, 5) is 12.5. The fourth-order valence-corrected chi connectivity index (χ4v) is 2.24. The summed E-state index contributed by atoms with van der Waals surface area (Å²) in [7, 11) is 3.18. The molecule has 1 aromatic carbocycles. The van der Waals surface area contributed by atoms with Crippen LogP contribution in [-0.2, 0) is 4.74 Å². The zero-order chi connectivity index (χ0) is 14.1. The highest BCUT2D eigenvalue weighted by atomic mass is 16.5. The first-order valence-electron chi connectivity index (χ1n) is 6.29. The zero-order valence-corrected chi connectivity index (χ0v) is 11.3. The third-order valence-electron chi connectivity index (χ3n) is 3.32. The van der Waals surface area contributed by atoms with Crippen LogP contribution in [-0.4, -0.2) is 14.2 Å². The molecule has 0 atom stereocenters. The van der Waals surface area contributed by atoms with E-state index >= 15 is 0 Å². The van der Waals surface area contributed by atoms with Gasteiger partial charge in [0.05, 0.1) is 25.2 Å². The molecule has 2 aromatic rings. The quantitative estimate of drug-likeness (QED) is 0.840. The molecule has 4 nitrogen and oxygen atoms in total. The minimum Gasteiger partial charge on any atom is -0.501 e. The molecular formula is C16H14O4. The molecule has 0 N–H and O–H groups in total. The summed E-state index contributed by atoms with van der Waals surface area (Å²) < 4.78 is 16.2. The molecule has 1 heterocycles. The van der Waals surface area contributed by atoms with Crippen molar-refractivity contribution in [1.82, 2.24) is 0 Å². The maximum atomic E-state index is 12.5. The molecule has 3 rings (SSSR count). The highest BCUT2D eigenvalue weighted by Crippen LogP contribution is 2.25. The Balaban J connectivity index is 2.33. The van der Waals surface area contributed by atoms with Crippen LogP contribution in [0.1, 0.15) is 17.7 Å². The van der Waals surface area contributed by atoms with Gasteiger partial charge in [-0.25, -0.2) is 0 Å². The van der Waals surface area contributed by atoms with Crippen molar-refractivity contribution in [2.45, 2.75) is 6.42 Å². The van der Waals surface area contributed by atoms with Crippen LogP contribution in [0.15, 0.2) is 39.2 Å². The molecule has 0 saturated heterocycles. The van der Waals surface area contributed by atoms with E-state index in [4.69, 9.17) is 13.9 Å². The highest BCUT2D eigenvalue weighted by Gasteiger charge is 2.14. The van der Waals surface area contributed by atoms with Crippen LogP contribution in [0.5, 0.6) is 5.75 Å². The highest BCUT2D eigenvalue weighted by molar-refractivity contribution is 5.82. The van der Waals surface area contributed by atoms with Crippen molar-refractivity contribution >= 4 is 23.1 Å². The monoisotopic (exact) mass is 270 g/mol. The summed E-state index contributed by atoms with van der Waals surface area (Å²) in [6, 6.07) is 5.19. The van der Waals surface area contributed by atoms with Crippen molar-refractivity contribution in [1.29, 1.82) is 0 Å². The average molecular weight is 270 g/mol. The lowest BCUT2D eigenvalue weighted by molar-refractivity contribution is 0.288. The van der Waals surface area contributed by atoms with Gasteiger partial charge in [-0.1, -0.05) is 12.2 Å². The maximum absolute atomic E-state index is 12.5. The lowest BCUT2D eigenvalue weighted by Crippen LogP contribution is -2.07. The first-order valence-corrected chi connectivity index (χ1v) is 6.29. The predicted molar refractivity (Wildman–Crippen MR) is 77.7 cm³/mol. The molecule has 0 aliphatic heterocycles. The van der Waals surface area contributed by atoms with E-state index in [1.54, 1.807) is 44.6 Å². The van der Waals surface area contributed by atoms with Crippen molar-refractivity contribution in [3.8, 4) is 5.75 Å². The van der Waals surface area contributed by atoms with Gasteiger partial charge in [0, 0.05) is 18.6 Å². The third kappa shape index (κ3) is 1.99. The normalized spacial score (nSPS) is 13.6. The SMILES string of the molecule is COC1=Cc2oc3cc(OC)ccc3c(=O)c2C=CC1. The van der Waals surface area contributed by atoms with Crippen molar-refractivity contribution < 1.29 is 13.9 Å². The van der Waals surface area contributed by atoms with E-state index in [2.05, 4.69) is 0 Å². The van der Waals surface area contributed by atoms with Crippen molar-refractivity contribution in [2.75, 3.05) is 14.2 Å². The summed E-state index contributed by atoms with van der Waals surface area (Å²) in [6.45, 7) is 0. The molecule has 0 fully saturated rings. The van der Waals surface area contributed by atoms with Gasteiger partial charge < -0.3 is 13.9 Å². The van der Waals surface area contributed by atoms with Gasteiger partial charge in [0.2, 0.25) is 5.43 Å². The fourth-order valence-electron chi connectivity index (χ4n) is 2.24. The van der Waals surface area contributed by atoms with Gasteiger partial charge in [-0.15, -0.1) is 0 Å². The Morgan fingerprint density at radius 2 is 2.05 bits per heavy atom. The summed E-state index contributed by atoms with van der Waals surface area (Å²) in [5.41, 5.74) is 1.01. The lowest BCUT2D eigenvalue weighted by Gasteiger charge is -2.06. The third-order valence-corrected chi connectivity index (χ3v) is 3.32. The number of methoxy groups -OCH3 is 2. The molecule has 1 aliphatic carbocycles. The van der Waals surface area contributed by atoms with Crippen LogP contribution >= 0.6 is 0 Å². The summed E-state index contributed by atoms with van der Waals surface area (Å²) >= 11 is 0. The first kappa shape index (κ1) is 12.5. The molecule has 1 aliphatic rings. The molecule has 0 spiro atoms. The summed E-state index contributed by atoms with van der Waals surface area (Å²) in [6.07, 6.45) is 6.08. The van der Waals surface area contributed by atoms with Crippen LogP contribution in [0.4, 0.5) is 0 Å². The van der Waals surface area contributed by atoms with Gasteiger partial charge in [-0.2, -0.15) is 0 Å². The van der Waals surface area contributed by atoms with E-state index in [-0.39, 0.29) is 5.43 Å². The molecule has 0 saturated carbocycles. The van der Waals surface area contributed by atoms with Crippen LogP contribution in [0.2, 0.25) is 0 Å². The van der Waals surface area contributed by atoms with E-state index in [0.29, 0.717) is 34.5 Å². The Labute approximate surface area is 115 Å². The summed E-state index contributed by atoms with van der Waals surface area (Å²) in [5, 5.41) is 0.545. The van der Waals surface area contributed by atoms with Crippen molar-refractivity contribution in [3.05, 3.63) is 51.6 Å². The van der Waals surface area contributed by atoms with E-state index in [0.717, 1.165) is 5.76 Å². The van der Waals surface area contributed by atoms with Crippen LogP contribution < -0.4 is 10.2 Å². The summed E-state index contributed by atoms with van der Waals surface area (Å²) in [5.74, 6) is 1.92. The Kier molecular flexibility index (Phi) is 3.06. The number of ether oxygens (including phenoxy) is 2. The molecule has 20 heavy (non-hydrogen) atoms. The number of benzene rings is 1. The Hall–Kier alpha value is -2.49. The van der Waals surface area contributed by atoms with Crippen molar-refractivity contribution in [3.63, 3.8) is 0 Å². The first-order chi connectivity index (χ1) is 9.72. The van der Waals surface area contributed by atoms with E-state index in [1.165, 1.54) is 0 Å². The smallest absolute Gasteiger partial charge is 0.200 e. The fraction of sp³-hybridized carbons (Fsp3) is 0.188. The van der Waals surface area contributed by atoms with Crippen LogP contribution in [0.3, 0.4) is 0 Å². The molecule has 0 bridgehead atoms. The molecular weight excluding hydrogens is 256 g/mol. The van der Waals surface area contributed by atoms with Gasteiger partial charge in [-0.05, 0) is 12.1 Å². The Bertz CT molecular complexity index is 781. The lowest BCUT2D eigenvalue weighted by atomic mass is 10.1. The Morgan fingerprint density at radius 3 is 2.80 bits per heavy atom.